The molecular weight excluding hydrogens is 520 g/mol. The molecule has 4 atom stereocenters. The van der Waals surface area contributed by atoms with Crippen LogP contribution in [0.15, 0.2) is 60.7 Å². The van der Waals surface area contributed by atoms with E-state index in [1.165, 1.54) is 48.5 Å². The van der Waals surface area contributed by atoms with E-state index in [1.807, 2.05) is 0 Å². The molecule has 0 saturated heterocycles. The third-order valence-electron chi connectivity index (χ3n) is 7.52. The number of aliphatic hydroxyl groups is 1. The molecule has 10 nitrogen and oxygen atoms in total. The maximum Gasteiger partial charge on any atom is 0.157 e. The monoisotopic (exact) mass is 546 g/mol. The summed E-state index contributed by atoms with van der Waals surface area (Å²) in [6.45, 7) is 0. The van der Waals surface area contributed by atoms with Crippen LogP contribution in [0, 0.1) is 0 Å². The SMILES string of the molecule is Oc1ccc2c(c1)O[C@H](c1ccc(O)c(O)c1)C[C@@H]2c1c(O)cc(O)c2c1OC(c1ccc(O)c(O)c1)[C@@H](O)C2. The Morgan fingerprint density at radius 2 is 1.30 bits per heavy atom. The Balaban J connectivity index is 1.49. The molecule has 0 spiro atoms. The van der Waals surface area contributed by atoms with Crippen LogP contribution in [-0.2, 0) is 6.42 Å². The van der Waals surface area contributed by atoms with Gasteiger partial charge in [-0.3, -0.25) is 0 Å². The summed E-state index contributed by atoms with van der Waals surface area (Å²) in [5.74, 6) is -2.05. The summed E-state index contributed by atoms with van der Waals surface area (Å²) >= 11 is 0. The maximum absolute atomic E-state index is 11.2. The van der Waals surface area contributed by atoms with E-state index in [1.54, 1.807) is 12.1 Å². The first-order chi connectivity index (χ1) is 19.1. The van der Waals surface area contributed by atoms with E-state index in [2.05, 4.69) is 0 Å². The maximum atomic E-state index is 11.2. The number of hydrogen-bond donors (Lipinski definition) is 8. The molecule has 8 N–H and O–H groups in total. The van der Waals surface area contributed by atoms with Gasteiger partial charge in [0.1, 0.15) is 41.0 Å². The van der Waals surface area contributed by atoms with Crippen molar-refractivity contribution < 1.29 is 50.3 Å². The Hall–Kier alpha value is -4.96. The molecule has 2 heterocycles. The van der Waals surface area contributed by atoms with Gasteiger partial charge < -0.3 is 50.3 Å². The fourth-order valence-corrected chi connectivity index (χ4v) is 5.56. The number of benzene rings is 4. The highest BCUT2D eigenvalue weighted by Gasteiger charge is 2.40. The fourth-order valence-electron chi connectivity index (χ4n) is 5.56. The van der Waals surface area contributed by atoms with Gasteiger partial charge in [0.25, 0.3) is 0 Å². The molecule has 6 rings (SSSR count). The number of aromatic hydroxyl groups is 7. The zero-order chi connectivity index (χ0) is 28.3. The number of phenolic OH excluding ortho intramolecular Hbond substituents is 7. The lowest BCUT2D eigenvalue weighted by Gasteiger charge is -2.37. The van der Waals surface area contributed by atoms with Crippen LogP contribution in [0.1, 0.15) is 52.4 Å². The number of fused-ring (bicyclic) bond motifs is 2. The highest BCUT2D eigenvalue weighted by molar-refractivity contribution is 5.63. The highest BCUT2D eigenvalue weighted by Crippen LogP contribution is 2.55. The van der Waals surface area contributed by atoms with Crippen molar-refractivity contribution in [2.24, 2.45) is 0 Å². The average molecular weight is 547 g/mol. The van der Waals surface area contributed by atoms with Gasteiger partial charge in [-0.25, -0.2) is 0 Å². The summed E-state index contributed by atoms with van der Waals surface area (Å²) in [6, 6.07) is 14.1. The van der Waals surface area contributed by atoms with E-state index in [0.717, 1.165) is 0 Å². The second kappa shape index (κ2) is 9.35. The molecule has 0 fully saturated rings. The molecule has 0 aromatic heterocycles. The van der Waals surface area contributed by atoms with E-state index >= 15 is 0 Å². The summed E-state index contributed by atoms with van der Waals surface area (Å²) in [6.07, 6.45) is -2.58. The van der Waals surface area contributed by atoms with Crippen LogP contribution in [0.2, 0.25) is 0 Å². The summed E-state index contributed by atoms with van der Waals surface area (Å²) in [5, 5.41) is 82.6. The van der Waals surface area contributed by atoms with E-state index in [-0.39, 0.29) is 58.7 Å². The standard InChI is InChI=1S/C30H26O10/c31-15-3-4-16-17(11-26(39-27(16)9-15)13-1-5-19(32)22(35)7-13)28-24(37)12-21(34)18-10-25(38)29(40-30(18)28)14-2-6-20(33)23(36)8-14/h1-9,12,17,25-26,29,31-38H,10-11H2/t17-,25-,26-,29?/m0/s1. The lowest BCUT2D eigenvalue weighted by atomic mass is 9.79. The van der Waals surface area contributed by atoms with Crippen molar-refractivity contribution in [3.8, 4) is 51.7 Å². The average Bonchev–Trinajstić information content (AvgIpc) is 2.91. The zero-order valence-corrected chi connectivity index (χ0v) is 20.9. The van der Waals surface area contributed by atoms with Crippen molar-refractivity contribution in [1.82, 2.24) is 0 Å². The zero-order valence-electron chi connectivity index (χ0n) is 20.9. The molecule has 0 bridgehead atoms. The predicted octanol–water partition coefficient (Wildman–Crippen LogP) is 4.32. The van der Waals surface area contributed by atoms with Crippen molar-refractivity contribution in [2.75, 3.05) is 0 Å². The van der Waals surface area contributed by atoms with Crippen LogP contribution in [0.5, 0.6) is 51.7 Å². The topological polar surface area (TPSA) is 180 Å². The summed E-state index contributed by atoms with van der Waals surface area (Å²) in [4.78, 5) is 0. The van der Waals surface area contributed by atoms with Crippen molar-refractivity contribution in [2.45, 2.75) is 37.1 Å². The summed E-state index contributed by atoms with van der Waals surface area (Å²) in [7, 11) is 0. The smallest absolute Gasteiger partial charge is 0.157 e. The molecule has 2 aliphatic heterocycles. The van der Waals surface area contributed by atoms with Crippen LogP contribution in [0.4, 0.5) is 0 Å². The number of phenols is 7. The minimum Gasteiger partial charge on any atom is -0.508 e. The van der Waals surface area contributed by atoms with Gasteiger partial charge in [-0.15, -0.1) is 0 Å². The molecule has 0 saturated carbocycles. The molecule has 2 aliphatic rings. The highest BCUT2D eigenvalue weighted by atomic mass is 16.5. The van der Waals surface area contributed by atoms with E-state index in [9.17, 15) is 40.9 Å². The fraction of sp³-hybridized carbons (Fsp3) is 0.200. The number of rotatable bonds is 3. The predicted molar refractivity (Wildman–Crippen MR) is 140 cm³/mol. The normalized spacial score (nSPS) is 21.5. The Morgan fingerprint density at radius 3 is 2.00 bits per heavy atom. The van der Waals surface area contributed by atoms with Gasteiger partial charge in [0, 0.05) is 41.2 Å². The largest absolute Gasteiger partial charge is 0.508 e. The first-order valence-corrected chi connectivity index (χ1v) is 12.6. The molecule has 40 heavy (non-hydrogen) atoms. The first kappa shape index (κ1) is 25.3. The van der Waals surface area contributed by atoms with Crippen LogP contribution in [0.3, 0.4) is 0 Å². The third kappa shape index (κ3) is 4.18. The summed E-state index contributed by atoms with van der Waals surface area (Å²) < 4.78 is 12.4. The Kier molecular flexibility index (Phi) is 5.92. The van der Waals surface area contributed by atoms with Gasteiger partial charge in [-0.05, 0) is 47.9 Å². The minimum absolute atomic E-state index is 0.0261. The summed E-state index contributed by atoms with van der Waals surface area (Å²) in [5.41, 5.74) is 2.13. The van der Waals surface area contributed by atoms with Gasteiger partial charge in [0.2, 0.25) is 0 Å². The Morgan fingerprint density at radius 1 is 0.625 bits per heavy atom. The molecule has 0 radical (unpaired) electrons. The molecule has 0 amide bonds. The number of hydrogen-bond acceptors (Lipinski definition) is 10. The van der Waals surface area contributed by atoms with E-state index in [4.69, 9.17) is 9.47 Å². The van der Waals surface area contributed by atoms with E-state index < -0.39 is 30.0 Å². The molecule has 10 heteroatoms. The first-order valence-electron chi connectivity index (χ1n) is 12.6. The lowest BCUT2D eigenvalue weighted by Crippen LogP contribution is -2.31. The molecule has 4 aromatic rings. The van der Waals surface area contributed by atoms with Crippen molar-refractivity contribution in [1.29, 1.82) is 0 Å². The second-order valence-corrected chi connectivity index (χ2v) is 10.1. The molecule has 4 aromatic carbocycles. The van der Waals surface area contributed by atoms with Crippen molar-refractivity contribution >= 4 is 0 Å². The van der Waals surface area contributed by atoms with Crippen molar-refractivity contribution in [3.63, 3.8) is 0 Å². The van der Waals surface area contributed by atoms with Crippen molar-refractivity contribution in [3.05, 3.63) is 88.5 Å². The number of aliphatic hydroxyl groups excluding tert-OH is 1. The molecule has 1 unspecified atom stereocenters. The van der Waals surface area contributed by atoms with Gasteiger partial charge in [-0.1, -0.05) is 18.2 Å². The Labute approximate surface area is 227 Å². The Bertz CT molecular complexity index is 1630. The van der Waals surface area contributed by atoms with Gasteiger partial charge in [0.15, 0.2) is 23.0 Å². The molecule has 206 valence electrons. The van der Waals surface area contributed by atoms with Gasteiger partial charge >= 0.3 is 0 Å². The quantitative estimate of drug-likeness (QED) is 0.172. The van der Waals surface area contributed by atoms with Gasteiger partial charge in [-0.2, -0.15) is 0 Å². The van der Waals surface area contributed by atoms with Crippen LogP contribution >= 0.6 is 0 Å². The molecule has 0 aliphatic carbocycles. The third-order valence-corrected chi connectivity index (χ3v) is 7.52. The van der Waals surface area contributed by atoms with Crippen LogP contribution in [-0.4, -0.2) is 47.0 Å². The van der Waals surface area contributed by atoms with E-state index in [0.29, 0.717) is 28.0 Å². The van der Waals surface area contributed by atoms with Gasteiger partial charge in [0.05, 0.1) is 6.10 Å². The number of ether oxygens (including phenoxy) is 2. The second-order valence-electron chi connectivity index (χ2n) is 10.1. The minimum atomic E-state index is -1.12. The van der Waals surface area contributed by atoms with Crippen LogP contribution in [0.25, 0.3) is 0 Å². The lowest BCUT2D eigenvalue weighted by molar-refractivity contribution is 0.0184. The molecular formula is C30H26O10. The van der Waals surface area contributed by atoms with Crippen LogP contribution < -0.4 is 9.47 Å².